The number of piperidine rings is 1. The van der Waals surface area contributed by atoms with E-state index in [1.54, 1.807) is 24.3 Å². The van der Waals surface area contributed by atoms with Crippen LogP contribution < -0.4 is 5.32 Å². The molecule has 0 bridgehead atoms. The average Bonchev–Trinajstić information content (AvgIpc) is 2.97. The zero-order valence-electron chi connectivity index (χ0n) is 14.1. The fourth-order valence-electron chi connectivity index (χ4n) is 2.95. The molecule has 2 heterocycles. The molecule has 1 saturated heterocycles. The standard InChI is InChI=1S/C19H23ClN2O2/c1-13(2)5-8-22-9-6-16(7-10-22)21-19(23)18-12-14-11-15(20)3-4-17(14)24-18/h3-5,11-12,16H,6-10H2,1-2H3,(H,21,23). The maximum atomic E-state index is 12.4. The number of hydrogen-bond donors (Lipinski definition) is 1. The van der Waals surface area contributed by atoms with Crippen molar-refractivity contribution in [2.45, 2.75) is 32.7 Å². The van der Waals surface area contributed by atoms with Crippen LogP contribution in [-0.2, 0) is 0 Å². The summed E-state index contributed by atoms with van der Waals surface area (Å²) in [6.07, 6.45) is 4.18. The van der Waals surface area contributed by atoms with Crippen LogP contribution in [0.3, 0.4) is 0 Å². The van der Waals surface area contributed by atoms with Gasteiger partial charge in [-0.25, -0.2) is 0 Å². The lowest BCUT2D eigenvalue weighted by molar-refractivity contribution is 0.0888. The summed E-state index contributed by atoms with van der Waals surface area (Å²) in [6, 6.07) is 7.31. The van der Waals surface area contributed by atoms with Crippen LogP contribution in [0.15, 0.2) is 40.3 Å². The molecule has 2 aromatic rings. The van der Waals surface area contributed by atoms with Gasteiger partial charge in [0.1, 0.15) is 5.58 Å². The van der Waals surface area contributed by atoms with E-state index in [1.165, 1.54) is 5.57 Å². The quantitative estimate of drug-likeness (QED) is 0.842. The van der Waals surface area contributed by atoms with Gasteiger partial charge in [-0.1, -0.05) is 23.3 Å². The summed E-state index contributed by atoms with van der Waals surface area (Å²) in [7, 11) is 0. The third-order valence-electron chi connectivity index (χ3n) is 4.38. The number of nitrogens with one attached hydrogen (secondary N) is 1. The number of fused-ring (bicyclic) bond motifs is 1. The smallest absolute Gasteiger partial charge is 0.287 e. The molecule has 0 saturated carbocycles. The predicted molar refractivity (Wildman–Crippen MR) is 97.6 cm³/mol. The number of rotatable bonds is 4. The van der Waals surface area contributed by atoms with Gasteiger partial charge in [0.2, 0.25) is 0 Å². The average molecular weight is 347 g/mol. The number of hydrogen-bond acceptors (Lipinski definition) is 3. The highest BCUT2D eigenvalue weighted by Gasteiger charge is 2.22. The molecule has 4 nitrogen and oxygen atoms in total. The minimum absolute atomic E-state index is 0.148. The van der Waals surface area contributed by atoms with E-state index >= 15 is 0 Å². The normalized spacial score (nSPS) is 16.3. The van der Waals surface area contributed by atoms with Gasteiger partial charge in [-0.05, 0) is 51.0 Å². The minimum atomic E-state index is -0.148. The Labute approximate surface area is 147 Å². The Balaban J connectivity index is 1.56. The third kappa shape index (κ3) is 4.19. The van der Waals surface area contributed by atoms with Crippen molar-refractivity contribution in [3.63, 3.8) is 0 Å². The molecule has 0 atom stereocenters. The molecule has 0 radical (unpaired) electrons. The maximum absolute atomic E-state index is 12.4. The number of carbonyl (C=O) groups is 1. The lowest BCUT2D eigenvalue weighted by Crippen LogP contribution is -2.44. The summed E-state index contributed by atoms with van der Waals surface area (Å²) in [5.41, 5.74) is 2.02. The molecule has 3 rings (SSSR count). The van der Waals surface area contributed by atoms with Gasteiger partial charge < -0.3 is 9.73 Å². The Hall–Kier alpha value is -1.78. The molecular formula is C19H23ClN2O2. The molecule has 24 heavy (non-hydrogen) atoms. The first kappa shape index (κ1) is 17.1. The van der Waals surface area contributed by atoms with E-state index < -0.39 is 0 Å². The van der Waals surface area contributed by atoms with Crippen LogP contribution in [0.4, 0.5) is 0 Å². The summed E-state index contributed by atoms with van der Waals surface area (Å²) >= 11 is 5.97. The van der Waals surface area contributed by atoms with Gasteiger partial charge in [0.05, 0.1) is 0 Å². The van der Waals surface area contributed by atoms with Crippen LogP contribution in [-0.4, -0.2) is 36.5 Å². The second kappa shape index (κ2) is 7.41. The lowest BCUT2D eigenvalue weighted by atomic mass is 10.0. The molecule has 0 unspecified atom stereocenters. The number of benzene rings is 1. The summed E-state index contributed by atoms with van der Waals surface area (Å²) in [6.45, 7) is 7.24. The van der Waals surface area contributed by atoms with Crippen molar-refractivity contribution in [3.05, 3.63) is 46.7 Å². The number of nitrogens with zero attached hydrogens (tertiary/aromatic N) is 1. The monoisotopic (exact) mass is 346 g/mol. The first-order valence-corrected chi connectivity index (χ1v) is 8.75. The number of amides is 1. The summed E-state index contributed by atoms with van der Waals surface area (Å²) in [5, 5.41) is 4.58. The van der Waals surface area contributed by atoms with Gasteiger partial charge in [-0.15, -0.1) is 0 Å². The highest BCUT2D eigenvalue weighted by Crippen LogP contribution is 2.23. The van der Waals surface area contributed by atoms with E-state index in [0.29, 0.717) is 16.4 Å². The van der Waals surface area contributed by atoms with Crippen molar-refractivity contribution in [2.75, 3.05) is 19.6 Å². The van der Waals surface area contributed by atoms with E-state index in [1.807, 2.05) is 0 Å². The van der Waals surface area contributed by atoms with E-state index in [4.69, 9.17) is 16.0 Å². The maximum Gasteiger partial charge on any atom is 0.287 e. The lowest BCUT2D eigenvalue weighted by Gasteiger charge is -2.31. The van der Waals surface area contributed by atoms with E-state index in [9.17, 15) is 4.79 Å². The number of allylic oxidation sites excluding steroid dienone is 1. The Morgan fingerprint density at radius 3 is 2.79 bits per heavy atom. The Morgan fingerprint density at radius 1 is 1.33 bits per heavy atom. The summed E-state index contributed by atoms with van der Waals surface area (Å²) < 4.78 is 5.62. The van der Waals surface area contributed by atoms with Crippen LogP contribution in [0.5, 0.6) is 0 Å². The van der Waals surface area contributed by atoms with Gasteiger partial charge in [-0.3, -0.25) is 9.69 Å². The van der Waals surface area contributed by atoms with Crippen molar-refractivity contribution in [1.29, 1.82) is 0 Å². The fourth-order valence-corrected chi connectivity index (χ4v) is 3.13. The summed E-state index contributed by atoms with van der Waals surface area (Å²) in [5.74, 6) is 0.198. The molecule has 1 amide bonds. The molecule has 1 aromatic carbocycles. The van der Waals surface area contributed by atoms with E-state index in [-0.39, 0.29) is 11.9 Å². The first-order chi connectivity index (χ1) is 11.5. The molecule has 128 valence electrons. The molecule has 1 aliphatic rings. The molecule has 0 spiro atoms. The van der Waals surface area contributed by atoms with Gasteiger partial charge in [0.15, 0.2) is 5.76 Å². The zero-order valence-corrected chi connectivity index (χ0v) is 14.9. The second-order valence-corrected chi connectivity index (χ2v) is 7.06. The second-order valence-electron chi connectivity index (χ2n) is 6.62. The number of likely N-dealkylation sites (tertiary alicyclic amines) is 1. The Morgan fingerprint density at radius 2 is 2.08 bits per heavy atom. The van der Waals surface area contributed by atoms with Crippen molar-refractivity contribution in [1.82, 2.24) is 10.2 Å². The van der Waals surface area contributed by atoms with Crippen LogP contribution in [0.2, 0.25) is 5.02 Å². The number of halogens is 1. The Kier molecular flexibility index (Phi) is 5.27. The first-order valence-electron chi connectivity index (χ1n) is 8.37. The Bertz CT molecular complexity index is 754. The molecule has 1 aromatic heterocycles. The van der Waals surface area contributed by atoms with Crippen molar-refractivity contribution in [3.8, 4) is 0 Å². The molecular weight excluding hydrogens is 324 g/mol. The van der Waals surface area contributed by atoms with Crippen molar-refractivity contribution in [2.24, 2.45) is 0 Å². The molecule has 1 aliphatic heterocycles. The minimum Gasteiger partial charge on any atom is -0.451 e. The van der Waals surface area contributed by atoms with Crippen LogP contribution in [0.1, 0.15) is 37.2 Å². The number of furan rings is 1. The fraction of sp³-hybridized carbons (Fsp3) is 0.421. The van der Waals surface area contributed by atoms with Gasteiger partial charge >= 0.3 is 0 Å². The highest BCUT2D eigenvalue weighted by molar-refractivity contribution is 6.31. The topological polar surface area (TPSA) is 45.5 Å². The van der Waals surface area contributed by atoms with E-state index in [2.05, 4.69) is 30.1 Å². The SMILES string of the molecule is CC(C)=CCN1CCC(NC(=O)c2cc3cc(Cl)ccc3o2)CC1. The molecule has 1 fully saturated rings. The number of carbonyl (C=O) groups excluding carboxylic acids is 1. The van der Waals surface area contributed by atoms with Gasteiger partial charge in [0.25, 0.3) is 5.91 Å². The van der Waals surface area contributed by atoms with Crippen molar-refractivity contribution < 1.29 is 9.21 Å². The van der Waals surface area contributed by atoms with Crippen LogP contribution in [0, 0.1) is 0 Å². The van der Waals surface area contributed by atoms with Gasteiger partial charge in [0, 0.05) is 36.1 Å². The molecule has 5 heteroatoms. The van der Waals surface area contributed by atoms with Crippen molar-refractivity contribution >= 4 is 28.5 Å². The zero-order chi connectivity index (χ0) is 17.1. The van der Waals surface area contributed by atoms with Gasteiger partial charge in [-0.2, -0.15) is 0 Å². The molecule has 0 aliphatic carbocycles. The van der Waals surface area contributed by atoms with Crippen LogP contribution in [0.25, 0.3) is 11.0 Å². The highest BCUT2D eigenvalue weighted by atomic mass is 35.5. The van der Waals surface area contributed by atoms with Crippen LogP contribution >= 0.6 is 11.6 Å². The van der Waals surface area contributed by atoms with E-state index in [0.717, 1.165) is 37.9 Å². The largest absolute Gasteiger partial charge is 0.451 e. The third-order valence-corrected chi connectivity index (χ3v) is 4.62. The molecule has 1 N–H and O–H groups in total. The summed E-state index contributed by atoms with van der Waals surface area (Å²) in [4.78, 5) is 14.8. The predicted octanol–water partition coefficient (Wildman–Crippen LogP) is 4.25.